The van der Waals surface area contributed by atoms with Crippen LogP contribution in [-0.2, 0) is 6.61 Å². The van der Waals surface area contributed by atoms with Crippen LogP contribution >= 0.6 is 11.8 Å². The van der Waals surface area contributed by atoms with Crippen LogP contribution in [0, 0.1) is 13.8 Å². The molecule has 0 fully saturated rings. The van der Waals surface area contributed by atoms with Gasteiger partial charge in [-0.1, -0.05) is 41.6 Å². The van der Waals surface area contributed by atoms with E-state index in [1.165, 1.54) is 20.9 Å². The smallest absolute Gasteiger partial charge is 0.0681 e. The third kappa shape index (κ3) is 3.11. The van der Waals surface area contributed by atoms with Gasteiger partial charge in [-0.15, -0.1) is 0 Å². The third-order valence-electron chi connectivity index (χ3n) is 2.66. The maximum absolute atomic E-state index is 8.99. The van der Waals surface area contributed by atoms with Crippen molar-refractivity contribution in [3.8, 4) is 0 Å². The third-order valence-corrected chi connectivity index (χ3v) is 3.85. The fourth-order valence-electron chi connectivity index (χ4n) is 1.70. The van der Waals surface area contributed by atoms with Crippen LogP contribution in [0.4, 0.5) is 0 Å². The molecule has 2 aromatic rings. The van der Waals surface area contributed by atoms with Gasteiger partial charge in [0.2, 0.25) is 0 Å². The lowest BCUT2D eigenvalue weighted by Crippen LogP contribution is -1.84. The molecule has 0 unspecified atom stereocenters. The largest absolute Gasteiger partial charge is 0.392 e. The van der Waals surface area contributed by atoms with Crippen molar-refractivity contribution in [2.75, 3.05) is 0 Å². The summed E-state index contributed by atoms with van der Waals surface area (Å²) >= 11 is 1.76. The van der Waals surface area contributed by atoms with Crippen molar-refractivity contribution in [1.29, 1.82) is 0 Å². The Labute approximate surface area is 107 Å². The van der Waals surface area contributed by atoms with Gasteiger partial charge in [0.25, 0.3) is 0 Å². The Bertz CT molecular complexity index is 503. The lowest BCUT2D eigenvalue weighted by Gasteiger charge is -2.07. The molecular weight excluding hydrogens is 228 g/mol. The van der Waals surface area contributed by atoms with E-state index in [-0.39, 0.29) is 6.61 Å². The molecule has 0 aromatic heterocycles. The predicted molar refractivity (Wildman–Crippen MR) is 72.4 cm³/mol. The van der Waals surface area contributed by atoms with E-state index < -0.39 is 0 Å². The van der Waals surface area contributed by atoms with Crippen LogP contribution in [-0.4, -0.2) is 5.11 Å². The lowest BCUT2D eigenvalue weighted by atomic mass is 10.2. The SMILES string of the molecule is Cc1ccc(Sc2ccc(CO)cc2)c(C)c1. The topological polar surface area (TPSA) is 20.2 Å². The van der Waals surface area contributed by atoms with Crippen molar-refractivity contribution in [3.63, 3.8) is 0 Å². The molecule has 17 heavy (non-hydrogen) atoms. The van der Waals surface area contributed by atoms with Crippen LogP contribution < -0.4 is 0 Å². The van der Waals surface area contributed by atoms with E-state index in [0.717, 1.165) is 5.56 Å². The molecule has 0 heterocycles. The standard InChI is InChI=1S/C15H16OS/c1-11-3-8-15(12(2)9-11)17-14-6-4-13(10-16)5-7-14/h3-9,16H,10H2,1-2H3. The van der Waals surface area contributed by atoms with Crippen LogP contribution in [0.2, 0.25) is 0 Å². The highest BCUT2D eigenvalue weighted by atomic mass is 32.2. The summed E-state index contributed by atoms with van der Waals surface area (Å²) in [5, 5.41) is 8.99. The fourth-order valence-corrected chi connectivity index (χ4v) is 2.59. The average molecular weight is 244 g/mol. The molecule has 1 N–H and O–H groups in total. The predicted octanol–water partition coefficient (Wildman–Crippen LogP) is 3.95. The number of aliphatic hydroxyl groups is 1. The highest BCUT2D eigenvalue weighted by molar-refractivity contribution is 7.99. The molecule has 2 heteroatoms. The number of rotatable bonds is 3. The van der Waals surface area contributed by atoms with Gasteiger partial charge >= 0.3 is 0 Å². The van der Waals surface area contributed by atoms with Crippen molar-refractivity contribution in [1.82, 2.24) is 0 Å². The molecule has 0 radical (unpaired) electrons. The highest BCUT2D eigenvalue weighted by Gasteiger charge is 2.01. The first-order valence-corrected chi connectivity index (χ1v) is 6.45. The molecule has 0 saturated carbocycles. The molecule has 0 spiro atoms. The van der Waals surface area contributed by atoms with E-state index in [0.29, 0.717) is 0 Å². The van der Waals surface area contributed by atoms with Gasteiger partial charge in [-0.25, -0.2) is 0 Å². The summed E-state index contributed by atoms with van der Waals surface area (Å²) in [7, 11) is 0. The zero-order valence-corrected chi connectivity index (χ0v) is 10.9. The second-order valence-electron chi connectivity index (χ2n) is 4.17. The molecule has 0 aliphatic rings. The van der Waals surface area contributed by atoms with Gasteiger partial charge in [-0.2, -0.15) is 0 Å². The summed E-state index contributed by atoms with van der Waals surface area (Å²) in [6, 6.07) is 14.5. The summed E-state index contributed by atoms with van der Waals surface area (Å²) in [5.74, 6) is 0. The number of aliphatic hydroxyl groups excluding tert-OH is 1. The molecule has 1 nitrogen and oxygen atoms in total. The van der Waals surface area contributed by atoms with Crippen molar-refractivity contribution < 1.29 is 5.11 Å². The molecule has 0 bridgehead atoms. The van der Waals surface area contributed by atoms with Gasteiger partial charge in [0.15, 0.2) is 0 Å². The summed E-state index contributed by atoms with van der Waals surface area (Å²) in [6.07, 6.45) is 0. The normalized spacial score (nSPS) is 10.5. The van der Waals surface area contributed by atoms with E-state index in [1.54, 1.807) is 11.8 Å². The summed E-state index contributed by atoms with van der Waals surface area (Å²) in [4.78, 5) is 2.49. The van der Waals surface area contributed by atoms with E-state index >= 15 is 0 Å². The minimum Gasteiger partial charge on any atom is -0.392 e. The Balaban J connectivity index is 2.19. The Hall–Kier alpha value is -1.25. The first-order chi connectivity index (χ1) is 8.19. The van der Waals surface area contributed by atoms with Crippen molar-refractivity contribution in [2.24, 2.45) is 0 Å². The van der Waals surface area contributed by atoms with Crippen LogP contribution in [0.3, 0.4) is 0 Å². The van der Waals surface area contributed by atoms with E-state index in [1.807, 2.05) is 12.1 Å². The zero-order chi connectivity index (χ0) is 12.3. The summed E-state index contributed by atoms with van der Waals surface area (Å²) < 4.78 is 0. The summed E-state index contributed by atoms with van der Waals surface area (Å²) in [5.41, 5.74) is 3.55. The van der Waals surface area contributed by atoms with Gasteiger partial charge in [-0.3, -0.25) is 0 Å². The van der Waals surface area contributed by atoms with Crippen molar-refractivity contribution >= 4 is 11.8 Å². The highest BCUT2D eigenvalue weighted by Crippen LogP contribution is 2.30. The van der Waals surface area contributed by atoms with Crippen molar-refractivity contribution in [2.45, 2.75) is 30.2 Å². The minimum atomic E-state index is 0.106. The molecule has 2 aromatic carbocycles. The molecule has 0 aliphatic carbocycles. The molecule has 0 amide bonds. The zero-order valence-electron chi connectivity index (χ0n) is 10.1. The Morgan fingerprint density at radius 2 is 1.71 bits per heavy atom. The van der Waals surface area contributed by atoms with Gasteiger partial charge in [0.05, 0.1) is 6.61 Å². The second kappa shape index (κ2) is 5.39. The quantitative estimate of drug-likeness (QED) is 0.882. The molecule has 2 rings (SSSR count). The van der Waals surface area contributed by atoms with Gasteiger partial charge in [0, 0.05) is 9.79 Å². The van der Waals surface area contributed by atoms with E-state index in [4.69, 9.17) is 5.11 Å². The lowest BCUT2D eigenvalue weighted by molar-refractivity contribution is 0.282. The maximum atomic E-state index is 8.99. The fraction of sp³-hybridized carbons (Fsp3) is 0.200. The Kier molecular flexibility index (Phi) is 3.87. The van der Waals surface area contributed by atoms with E-state index in [2.05, 4.69) is 44.2 Å². The van der Waals surface area contributed by atoms with Crippen molar-refractivity contribution in [3.05, 3.63) is 59.2 Å². The molecule has 0 atom stereocenters. The summed E-state index contributed by atoms with van der Waals surface area (Å²) in [6.45, 7) is 4.35. The monoisotopic (exact) mass is 244 g/mol. The molecular formula is C15H16OS. The Morgan fingerprint density at radius 3 is 2.29 bits per heavy atom. The first-order valence-electron chi connectivity index (χ1n) is 5.64. The van der Waals surface area contributed by atoms with Gasteiger partial charge < -0.3 is 5.11 Å². The average Bonchev–Trinajstić information content (AvgIpc) is 2.34. The minimum absolute atomic E-state index is 0.106. The van der Waals surface area contributed by atoms with Crippen LogP contribution in [0.1, 0.15) is 16.7 Å². The van der Waals surface area contributed by atoms with Gasteiger partial charge in [-0.05, 0) is 43.2 Å². The Morgan fingerprint density at radius 1 is 1.00 bits per heavy atom. The molecule has 0 aliphatic heterocycles. The number of hydrogen-bond acceptors (Lipinski definition) is 2. The van der Waals surface area contributed by atoms with E-state index in [9.17, 15) is 0 Å². The first kappa shape index (κ1) is 12.2. The van der Waals surface area contributed by atoms with Crippen LogP contribution in [0.15, 0.2) is 52.3 Å². The molecule has 0 saturated heterocycles. The number of benzene rings is 2. The van der Waals surface area contributed by atoms with Crippen LogP contribution in [0.5, 0.6) is 0 Å². The molecule has 88 valence electrons. The second-order valence-corrected chi connectivity index (χ2v) is 5.29. The maximum Gasteiger partial charge on any atom is 0.0681 e. The number of aryl methyl sites for hydroxylation is 2. The van der Waals surface area contributed by atoms with Gasteiger partial charge in [0.1, 0.15) is 0 Å². The number of hydrogen-bond donors (Lipinski definition) is 1. The van der Waals surface area contributed by atoms with Crippen LogP contribution in [0.25, 0.3) is 0 Å².